The standard InChI is InChI=1S/C33H40N2O3/c1-26-13-11-16-28(23-26)25-35(32(36)21-12-22-38-30-19-9-4-10-20-30)31(24-27-14-5-2-6-15-27)33(37)34-29-17-7-3-8-18-29/h2,4-6,9-11,13-16,19-20,23,29,31H,3,7-8,12,17-18,21-22,24-25H2,1H3,(H,34,37)/t31-/m0/s1. The summed E-state index contributed by atoms with van der Waals surface area (Å²) >= 11 is 0. The summed E-state index contributed by atoms with van der Waals surface area (Å²) < 4.78 is 5.82. The highest BCUT2D eigenvalue weighted by molar-refractivity contribution is 5.88. The summed E-state index contributed by atoms with van der Waals surface area (Å²) in [5.41, 5.74) is 3.21. The molecule has 200 valence electrons. The van der Waals surface area contributed by atoms with E-state index in [0.29, 0.717) is 32.4 Å². The quantitative estimate of drug-likeness (QED) is 0.292. The largest absolute Gasteiger partial charge is 0.494 e. The molecule has 0 aromatic heterocycles. The average molecular weight is 513 g/mol. The van der Waals surface area contributed by atoms with Gasteiger partial charge in [0.1, 0.15) is 11.8 Å². The summed E-state index contributed by atoms with van der Waals surface area (Å²) in [6.07, 6.45) is 6.91. The number of para-hydroxylation sites is 1. The number of ether oxygens (including phenoxy) is 1. The van der Waals surface area contributed by atoms with Crippen molar-refractivity contribution < 1.29 is 14.3 Å². The van der Waals surface area contributed by atoms with Crippen LogP contribution in [0.3, 0.4) is 0 Å². The number of amides is 2. The topological polar surface area (TPSA) is 58.6 Å². The first-order valence-corrected chi connectivity index (χ1v) is 14.0. The molecule has 1 aliphatic rings. The van der Waals surface area contributed by atoms with Gasteiger partial charge in [0.15, 0.2) is 0 Å². The van der Waals surface area contributed by atoms with Gasteiger partial charge >= 0.3 is 0 Å². The summed E-state index contributed by atoms with van der Waals surface area (Å²) in [6.45, 7) is 2.90. The number of rotatable bonds is 12. The van der Waals surface area contributed by atoms with E-state index >= 15 is 0 Å². The SMILES string of the molecule is Cc1cccc(CN(C(=O)CCCOc2ccccc2)[C@@H](Cc2ccccc2)C(=O)NC2CCCCC2)c1. The molecule has 0 saturated heterocycles. The van der Waals surface area contributed by atoms with E-state index in [-0.39, 0.29) is 17.9 Å². The van der Waals surface area contributed by atoms with Crippen molar-refractivity contribution in [2.45, 2.75) is 76.9 Å². The molecule has 0 radical (unpaired) electrons. The third-order valence-electron chi connectivity index (χ3n) is 7.20. The zero-order valence-corrected chi connectivity index (χ0v) is 22.5. The van der Waals surface area contributed by atoms with Gasteiger partial charge in [0.2, 0.25) is 11.8 Å². The monoisotopic (exact) mass is 512 g/mol. The normalized spacial score (nSPS) is 14.4. The first-order valence-electron chi connectivity index (χ1n) is 14.0. The average Bonchev–Trinajstić information content (AvgIpc) is 2.94. The molecular formula is C33H40N2O3. The van der Waals surface area contributed by atoms with Crippen molar-refractivity contribution in [2.75, 3.05) is 6.61 Å². The summed E-state index contributed by atoms with van der Waals surface area (Å²) in [6, 6.07) is 27.4. The van der Waals surface area contributed by atoms with Crippen molar-refractivity contribution in [1.82, 2.24) is 10.2 Å². The molecule has 3 aromatic carbocycles. The molecule has 1 saturated carbocycles. The van der Waals surface area contributed by atoms with E-state index in [9.17, 15) is 9.59 Å². The molecule has 0 aliphatic heterocycles. The van der Waals surface area contributed by atoms with Crippen LogP contribution in [-0.2, 0) is 22.6 Å². The van der Waals surface area contributed by atoms with Crippen molar-refractivity contribution in [3.8, 4) is 5.75 Å². The van der Waals surface area contributed by atoms with Crippen molar-refractivity contribution in [2.24, 2.45) is 0 Å². The Morgan fingerprint density at radius 1 is 0.895 bits per heavy atom. The molecule has 0 bridgehead atoms. The Bertz CT molecular complexity index is 1140. The molecule has 1 N–H and O–H groups in total. The number of benzene rings is 3. The van der Waals surface area contributed by atoms with Crippen LogP contribution in [0.15, 0.2) is 84.9 Å². The summed E-state index contributed by atoms with van der Waals surface area (Å²) in [5, 5.41) is 3.30. The molecule has 5 nitrogen and oxygen atoms in total. The maximum absolute atomic E-state index is 13.8. The minimum atomic E-state index is -0.581. The summed E-state index contributed by atoms with van der Waals surface area (Å²) in [5.74, 6) is 0.718. The minimum absolute atomic E-state index is 0.0251. The zero-order chi connectivity index (χ0) is 26.6. The van der Waals surface area contributed by atoms with Crippen molar-refractivity contribution in [1.29, 1.82) is 0 Å². The van der Waals surface area contributed by atoms with E-state index in [1.807, 2.05) is 85.8 Å². The predicted molar refractivity (Wildman–Crippen MR) is 152 cm³/mol. The first kappa shape index (κ1) is 27.4. The van der Waals surface area contributed by atoms with Crippen LogP contribution in [0.1, 0.15) is 61.6 Å². The van der Waals surface area contributed by atoms with Crippen molar-refractivity contribution in [3.05, 3.63) is 102 Å². The molecule has 0 spiro atoms. The number of nitrogens with zero attached hydrogens (tertiary/aromatic N) is 1. The predicted octanol–water partition coefficient (Wildman–Crippen LogP) is 6.24. The van der Waals surface area contributed by atoms with E-state index in [0.717, 1.165) is 48.1 Å². The Labute approximate surface area is 227 Å². The second kappa shape index (κ2) is 14.4. The van der Waals surface area contributed by atoms with E-state index in [1.54, 1.807) is 4.90 Å². The van der Waals surface area contributed by atoms with Crippen LogP contribution in [0, 0.1) is 6.92 Å². The molecule has 1 fully saturated rings. The fourth-order valence-corrected chi connectivity index (χ4v) is 5.18. The number of nitrogens with one attached hydrogen (secondary N) is 1. The van der Waals surface area contributed by atoms with Gasteiger partial charge in [-0.1, -0.05) is 97.6 Å². The fraction of sp³-hybridized carbons (Fsp3) is 0.394. The first-order chi connectivity index (χ1) is 18.6. The lowest BCUT2D eigenvalue weighted by Gasteiger charge is -2.33. The number of carbonyl (C=O) groups is 2. The molecule has 4 rings (SSSR count). The van der Waals surface area contributed by atoms with Gasteiger partial charge in [-0.3, -0.25) is 9.59 Å². The van der Waals surface area contributed by atoms with Gasteiger partial charge in [0, 0.05) is 25.4 Å². The highest BCUT2D eigenvalue weighted by Gasteiger charge is 2.31. The fourth-order valence-electron chi connectivity index (χ4n) is 5.18. The van der Waals surface area contributed by atoms with Crippen LogP contribution in [0.2, 0.25) is 0 Å². The Hall–Kier alpha value is -3.60. The number of aryl methyl sites for hydroxylation is 1. The molecule has 2 amide bonds. The van der Waals surface area contributed by atoms with Crippen LogP contribution >= 0.6 is 0 Å². The summed E-state index contributed by atoms with van der Waals surface area (Å²) in [4.78, 5) is 29.4. The lowest BCUT2D eigenvalue weighted by molar-refractivity contribution is -0.141. The molecule has 1 aliphatic carbocycles. The van der Waals surface area contributed by atoms with Crippen LogP contribution in [-0.4, -0.2) is 35.4 Å². The molecule has 5 heteroatoms. The molecule has 0 heterocycles. The van der Waals surface area contributed by atoms with E-state index in [4.69, 9.17) is 4.74 Å². The molecule has 3 aromatic rings. The van der Waals surface area contributed by atoms with Gasteiger partial charge < -0.3 is 15.0 Å². The Balaban J connectivity index is 1.52. The highest BCUT2D eigenvalue weighted by atomic mass is 16.5. The lowest BCUT2D eigenvalue weighted by atomic mass is 9.94. The van der Waals surface area contributed by atoms with Crippen LogP contribution in [0.4, 0.5) is 0 Å². The van der Waals surface area contributed by atoms with E-state index in [2.05, 4.69) is 11.4 Å². The summed E-state index contributed by atoms with van der Waals surface area (Å²) in [7, 11) is 0. The number of hydrogen-bond donors (Lipinski definition) is 1. The van der Waals surface area contributed by atoms with Crippen LogP contribution in [0.25, 0.3) is 0 Å². The minimum Gasteiger partial charge on any atom is -0.494 e. The number of hydrogen-bond acceptors (Lipinski definition) is 3. The van der Waals surface area contributed by atoms with Crippen LogP contribution < -0.4 is 10.1 Å². The maximum Gasteiger partial charge on any atom is 0.243 e. The van der Waals surface area contributed by atoms with Gasteiger partial charge in [-0.05, 0) is 49.4 Å². The lowest BCUT2D eigenvalue weighted by Crippen LogP contribution is -2.52. The Morgan fingerprint density at radius 3 is 2.29 bits per heavy atom. The molecular weight excluding hydrogens is 472 g/mol. The van der Waals surface area contributed by atoms with Gasteiger partial charge in [-0.25, -0.2) is 0 Å². The van der Waals surface area contributed by atoms with Gasteiger partial charge in [-0.15, -0.1) is 0 Å². The molecule has 0 unspecified atom stereocenters. The maximum atomic E-state index is 13.8. The van der Waals surface area contributed by atoms with Gasteiger partial charge in [0.25, 0.3) is 0 Å². The Morgan fingerprint density at radius 2 is 1.58 bits per heavy atom. The Kier molecular flexibility index (Phi) is 10.4. The van der Waals surface area contributed by atoms with Gasteiger partial charge in [-0.2, -0.15) is 0 Å². The van der Waals surface area contributed by atoms with Crippen molar-refractivity contribution >= 4 is 11.8 Å². The second-order valence-electron chi connectivity index (χ2n) is 10.3. The number of carbonyl (C=O) groups excluding carboxylic acids is 2. The van der Waals surface area contributed by atoms with E-state index < -0.39 is 6.04 Å². The third-order valence-corrected chi connectivity index (χ3v) is 7.20. The van der Waals surface area contributed by atoms with Gasteiger partial charge in [0.05, 0.1) is 6.61 Å². The van der Waals surface area contributed by atoms with E-state index in [1.165, 1.54) is 6.42 Å². The molecule has 1 atom stereocenters. The molecule has 38 heavy (non-hydrogen) atoms. The highest BCUT2D eigenvalue weighted by Crippen LogP contribution is 2.21. The van der Waals surface area contributed by atoms with Crippen molar-refractivity contribution in [3.63, 3.8) is 0 Å². The third kappa shape index (κ3) is 8.47. The smallest absolute Gasteiger partial charge is 0.243 e. The zero-order valence-electron chi connectivity index (χ0n) is 22.5. The second-order valence-corrected chi connectivity index (χ2v) is 10.3. The van der Waals surface area contributed by atoms with Crippen LogP contribution in [0.5, 0.6) is 5.75 Å².